The highest BCUT2D eigenvalue weighted by Gasteiger charge is 2.30. The number of aliphatic hydroxyl groups excluding tert-OH is 1. The molecule has 2 atom stereocenters. The second-order valence-corrected chi connectivity index (χ2v) is 5.17. The molecule has 0 bridgehead atoms. The van der Waals surface area contributed by atoms with Gasteiger partial charge in [-0.2, -0.15) is 0 Å². The topological polar surface area (TPSA) is 52.6 Å². The third kappa shape index (κ3) is 2.77. The second-order valence-electron chi connectivity index (χ2n) is 5.17. The predicted octanol–water partition coefficient (Wildman–Crippen LogP) is 1.98. The summed E-state index contributed by atoms with van der Waals surface area (Å²) < 4.78 is 14.0. The van der Waals surface area contributed by atoms with E-state index in [4.69, 9.17) is 0 Å². The molecule has 0 aliphatic carbocycles. The van der Waals surface area contributed by atoms with Crippen LogP contribution < -0.4 is 10.2 Å². The second kappa shape index (κ2) is 6.22. The van der Waals surface area contributed by atoms with Crippen molar-refractivity contribution < 1.29 is 14.3 Å². The number of nitrogens with one attached hydrogen (secondary N) is 1. The minimum atomic E-state index is -0.904. The first-order chi connectivity index (χ1) is 9.56. The summed E-state index contributed by atoms with van der Waals surface area (Å²) >= 11 is 0. The smallest absolute Gasteiger partial charge is 0.242 e. The molecule has 0 aromatic heterocycles. The van der Waals surface area contributed by atoms with E-state index in [2.05, 4.69) is 5.32 Å². The number of anilines is 1. The number of nitrogens with zero attached hydrogens (tertiary/aromatic N) is 1. The molecule has 1 amide bonds. The molecule has 2 rings (SSSR count). The number of hydrogen-bond acceptors (Lipinski definition) is 3. The van der Waals surface area contributed by atoms with Crippen LogP contribution in [0.1, 0.15) is 37.9 Å². The van der Waals surface area contributed by atoms with Gasteiger partial charge in [-0.25, -0.2) is 4.39 Å². The first-order valence-corrected chi connectivity index (χ1v) is 7.01. The van der Waals surface area contributed by atoms with E-state index in [0.29, 0.717) is 12.2 Å². The summed E-state index contributed by atoms with van der Waals surface area (Å²) in [5.41, 5.74) is 0.886. The molecule has 110 valence electrons. The van der Waals surface area contributed by atoms with Crippen LogP contribution in [0, 0.1) is 5.82 Å². The lowest BCUT2D eigenvalue weighted by Gasteiger charge is -2.37. The third-order valence-corrected chi connectivity index (χ3v) is 3.81. The van der Waals surface area contributed by atoms with Gasteiger partial charge in [0.1, 0.15) is 11.9 Å². The van der Waals surface area contributed by atoms with Crippen LogP contribution >= 0.6 is 0 Å². The van der Waals surface area contributed by atoms with Gasteiger partial charge in [0.2, 0.25) is 5.91 Å². The normalized spacial score (nSPS) is 20.6. The number of rotatable bonds is 3. The van der Waals surface area contributed by atoms with Crippen molar-refractivity contribution >= 4 is 11.6 Å². The third-order valence-electron chi connectivity index (χ3n) is 3.81. The van der Waals surface area contributed by atoms with Gasteiger partial charge in [0.25, 0.3) is 0 Å². The maximum atomic E-state index is 14.0. The van der Waals surface area contributed by atoms with Crippen molar-refractivity contribution in [1.29, 1.82) is 0 Å². The Balaban J connectivity index is 2.42. The average molecular weight is 280 g/mol. The van der Waals surface area contributed by atoms with Crippen molar-refractivity contribution in [2.75, 3.05) is 18.5 Å². The van der Waals surface area contributed by atoms with E-state index in [-0.39, 0.29) is 17.5 Å². The molecule has 1 aromatic carbocycles. The van der Waals surface area contributed by atoms with E-state index >= 15 is 0 Å². The fourth-order valence-electron chi connectivity index (χ4n) is 2.85. The Kier molecular flexibility index (Phi) is 4.60. The van der Waals surface area contributed by atoms with Crippen LogP contribution in [-0.4, -0.2) is 30.6 Å². The fourth-order valence-corrected chi connectivity index (χ4v) is 2.85. The van der Waals surface area contributed by atoms with E-state index in [0.717, 1.165) is 19.3 Å². The Morgan fingerprint density at radius 3 is 2.90 bits per heavy atom. The zero-order valence-corrected chi connectivity index (χ0v) is 11.9. The number of halogens is 1. The van der Waals surface area contributed by atoms with Gasteiger partial charge in [-0.3, -0.25) is 4.79 Å². The summed E-state index contributed by atoms with van der Waals surface area (Å²) in [5, 5.41) is 12.5. The maximum absolute atomic E-state index is 14.0. The molecule has 1 saturated heterocycles. The zero-order chi connectivity index (χ0) is 14.7. The molecule has 1 fully saturated rings. The van der Waals surface area contributed by atoms with Crippen LogP contribution in [0.2, 0.25) is 0 Å². The van der Waals surface area contributed by atoms with Gasteiger partial charge in [-0.05, 0) is 38.3 Å². The minimum Gasteiger partial charge on any atom is -0.389 e. The average Bonchev–Trinajstić information content (AvgIpc) is 2.45. The molecule has 2 unspecified atom stereocenters. The Labute approximate surface area is 118 Å². The van der Waals surface area contributed by atoms with Crippen molar-refractivity contribution in [1.82, 2.24) is 5.32 Å². The number of likely N-dealkylation sites (N-methyl/N-ethyl adjacent to an activating group) is 1. The summed E-state index contributed by atoms with van der Waals surface area (Å²) in [6.45, 7) is 2.24. The molecule has 0 radical (unpaired) electrons. The van der Waals surface area contributed by atoms with E-state index < -0.39 is 11.9 Å². The number of benzene rings is 1. The summed E-state index contributed by atoms with van der Waals surface area (Å²) in [6, 6.07) is 4.43. The number of amides is 1. The lowest BCUT2D eigenvalue weighted by Crippen LogP contribution is -2.49. The fraction of sp³-hybridized carbons (Fsp3) is 0.533. The molecule has 0 spiro atoms. The number of piperidine rings is 1. The van der Waals surface area contributed by atoms with Crippen molar-refractivity contribution in [2.45, 2.75) is 38.3 Å². The zero-order valence-electron chi connectivity index (χ0n) is 11.9. The van der Waals surface area contributed by atoms with Gasteiger partial charge in [0.15, 0.2) is 0 Å². The molecular weight excluding hydrogens is 259 g/mol. The van der Waals surface area contributed by atoms with E-state index in [1.165, 1.54) is 6.07 Å². The lowest BCUT2D eigenvalue weighted by atomic mass is 9.97. The Bertz CT molecular complexity index is 491. The number of aliphatic hydroxyl groups is 1. The summed E-state index contributed by atoms with van der Waals surface area (Å²) in [7, 11) is 1.61. The minimum absolute atomic E-state index is 0.0643. The summed E-state index contributed by atoms with van der Waals surface area (Å²) in [6.07, 6.45) is 1.78. The van der Waals surface area contributed by atoms with Crippen molar-refractivity contribution in [2.24, 2.45) is 0 Å². The summed E-state index contributed by atoms with van der Waals surface area (Å²) in [5.74, 6) is -0.496. The maximum Gasteiger partial charge on any atom is 0.242 e. The monoisotopic (exact) mass is 280 g/mol. The molecular formula is C15H21FN2O2. The van der Waals surface area contributed by atoms with E-state index in [1.807, 2.05) is 4.90 Å². The molecule has 20 heavy (non-hydrogen) atoms. The Hall–Kier alpha value is -1.62. The lowest BCUT2D eigenvalue weighted by molar-refractivity contribution is -0.122. The highest BCUT2D eigenvalue weighted by Crippen LogP contribution is 2.33. The number of hydrogen-bond donors (Lipinski definition) is 2. The number of carbonyl (C=O) groups excluding carboxylic acids is 1. The van der Waals surface area contributed by atoms with Gasteiger partial charge < -0.3 is 15.3 Å². The van der Waals surface area contributed by atoms with Gasteiger partial charge >= 0.3 is 0 Å². The van der Waals surface area contributed by atoms with Gasteiger partial charge in [0, 0.05) is 24.8 Å². The Morgan fingerprint density at radius 2 is 2.25 bits per heavy atom. The van der Waals surface area contributed by atoms with Crippen LogP contribution in [0.5, 0.6) is 0 Å². The molecule has 2 N–H and O–H groups in total. The van der Waals surface area contributed by atoms with Gasteiger partial charge in [0.05, 0.1) is 6.10 Å². The first kappa shape index (κ1) is 14.8. The SMILES string of the molecule is CNC(=O)C1CCCCN1c1cccc(F)c1C(C)O. The highest BCUT2D eigenvalue weighted by molar-refractivity contribution is 5.85. The summed E-state index contributed by atoms with van der Waals surface area (Å²) in [4.78, 5) is 13.9. The van der Waals surface area contributed by atoms with Crippen LogP contribution in [0.4, 0.5) is 10.1 Å². The van der Waals surface area contributed by atoms with Crippen LogP contribution in [-0.2, 0) is 4.79 Å². The largest absolute Gasteiger partial charge is 0.389 e. The molecule has 1 heterocycles. The van der Waals surface area contributed by atoms with Crippen LogP contribution in [0.3, 0.4) is 0 Å². The molecule has 1 aromatic rings. The van der Waals surface area contributed by atoms with Crippen molar-refractivity contribution in [3.05, 3.63) is 29.6 Å². The Morgan fingerprint density at radius 1 is 1.50 bits per heavy atom. The molecule has 4 nitrogen and oxygen atoms in total. The first-order valence-electron chi connectivity index (χ1n) is 7.01. The quantitative estimate of drug-likeness (QED) is 0.890. The molecule has 1 aliphatic heterocycles. The molecule has 0 saturated carbocycles. The van der Waals surface area contributed by atoms with Crippen molar-refractivity contribution in [3.8, 4) is 0 Å². The standard InChI is InChI=1S/C15H21FN2O2/c1-10(19)14-11(16)6-5-8-12(14)18-9-4-3-7-13(18)15(20)17-2/h5-6,8,10,13,19H,3-4,7,9H2,1-2H3,(H,17,20). The van der Waals surface area contributed by atoms with Crippen LogP contribution in [0.25, 0.3) is 0 Å². The van der Waals surface area contributed by atoms with Gasteiger partial charge in [-0.15, -0.1) is 0 Å². The van der Waals surface area contributed by atoms with E-state index in [1.54, 1.807) is 26.1 Å². The molecule has 1 aliphatic rings. The van der Waals surface area contributed by atoms with Crippen LogP contribution in [0.15, 0.2) is 18.2 Å². The van der Waals surface area contributed by atoms with Crippen molar-refractivity contribution in [3.63, 3.8) is 0 Å². The van der Waals surface area contributed by atoms with E-state index in [9.17, 15) is 14.3 Å². The highest BCUT2D eigenvalue weighted by atomic mass is 19.1. The molecule has 5 heteroatoms. The predicted molar refractivity (Wildman–Crippen MR) is 76.1 cm³/mol. The number of carbonyl (C=O) groups is 1. The van der Waals surface area contributed by atoms with Gasteiger partial charge in [-0.1, -0.05) is 6.07 Å².